The van der Waals surface area contributed by atoms with Crippen LogP contribution in [0.2, 0.25) is 8.87 Å². The van der Waals surface area contributed by atoms with Gasteiger partial charge in [-0.2, -0.15) is 0 Å². The second-order valence-corrected chi connectivity index (χ2v) is 12.6. The Balaban J connectivity index is -0.000000448. The van der Waals surface area contributed by atoms with Crippen LogP contribution in [0.1, 0.15) is 65.2 Å². The molecule has 0 aliphatic carbocycles. The van der Waals surface area contributed by atoms with E-state index in [-0.39, 0.29) is 46.8 Å². The van der Waals surface area contributed by atoms with E-state index in [4.69, 9.17) is 19.7 Å². The molecule has 2 N–H and O–H groups in total. The molecule has 0 spiro atoms. The van der Waals surface area contributed by atoms with Crippen LogP contribution in [0.5, 0.6) is 0 Å². The zero-order valence-corrected chi connectivity index (χ0v) is 25.5. The van der Waals surface area contributed by atoms with Crippen LogP contribution >= 0.6 is 0 Å². The fraction of sp³-hybridized carbons (Fsp3) is 0.833. The van der Waals surface area contributed by atoms with E-state index in [9.17, 15) is 19.2 Å². The molecule has 0 saturated carbocycles. The van der Waals surface area contributed by atoms with Crippen molar-refractivity contribution in [1.29, 1.82) is 0 Å². The SMILES string of the molecule is CCC[CH2][Sn][CH2]CCC.CN(C)CCOC(=O)CCC(=O)O.CN(C)CCOC(=O)CCC(=O)O. The first-order valence-corrected chi connectivity index (χ1v) is 16.2. The summed E-state index contributed by atoms with van der Waals surface area (Å²) in [5.74, 6) is -2.87. The number of aliphatic carboxylic acids is 2. The Hall–Kier alpha value is -1.40. The molecule has 0 bridgehead atoms. The van der Waals surface area contributed by atoms with E-state index >= 15 is 0 Å². The van der Waals surface area contributed by atoms with Crippen LogP contribution in [0, 0.1) is 0 Å². The predicted molar refractivity (Wildman–Crippen MR) is 138 cm³/mol. The molecule has 0 fully saturated rings. The number of ether oxygens (including phenoxy) is 2. The molecule has 0 aromatic rings. The largest absolute Gasteiger partial charge is 0.481 e. The van der Waals surface area contributed by atoms with E-state index in [0.29, 0.717) is 26.3 Å². The normalized spacial score (nSPS) is 10.1. The van der Waals surface area contributed by atoms with Crippen LogP contribution in [-0.2, 0) is 28.7 Å². The van der Waals surface area contributed by atoms with Crippen molar-refractivity contribution in [3.05, 3.63) is 0 Å². The minimum Gasteiger partial charge on any atom is -0.481 e. The minimum atomic E-state index is -0.982. The van der Waals surface area contributed by atoms with Gasteiger partial charge in [0, 0.05) is 13.1 Å². The third-order valence-electron chi connectivity index (χ3n) is 4.10. The van der Waals surface area contributed by atoms with Gasteiger partial charge in [-0.3, -0.25) is 19.2 Å². The fourth-order valence-electron chi connectivity index (χ4n) is 1.97. The number of carbonyl (C=O) groups is 4. The van der Waals surface area contributed by atoms with Crippen molar-refractivity contribution >= 4 is 45.0 Å². The molecule has 0 atom stereocenters. The van der Waals surface area contributed by atoms with Crippen molar-refractivity contribution in [3.63, 3.8) is 0 Å². The molecular formula is C24H48N2O8Sn. The first-order chi connectivity index (χ1) is 16.5. The minimum absolute atomic E-state index is 0.0528. The van der Waals surface area contributed by atoms with Gasteiger partial charge in [-0.25, -0.2) is 0 Å². The van der Waals surface area contributed by atoms with Crippen molar-refractivity contribution in [2.45, 2.75) is 74.1 Å². The molecule has 206 valence electrons. The van der Waals surface area contributed by atoms with Crippen molar-refractivity contribution in [2.75, 3.05) is 54.5 Å². The maximum atomic E-state index is 10.8. The molecule has 2 radical (unpaired) electrons. The Labute approximate surface area is 221 Å². The van der Waals surface area contributed by atoms with Crippen LogP contribution in [0.3, 0.4) is 0 Å². The summed E-state index contributed by atoms with van der Waals surface area (Å²) in [7, 11) is 7.46. The van der Waals surface area contributed by atoms with Gasteiger partial charge >= 0.3 is 93.4 Å². The number of carboxylic acid groups (broad SMARTS) is 2. The Morgan fingerprint density at radius 3 is 1.26 bits per heavy atom. The third kappa shape index (κ3) is 43.1. The van der Waals surface area contributed by atoms with Gasteiger partial charge in [-0.15, -0.1) is 0 Å². The second-order valence-electron chi connectivity index (χ2n) is 8.29. The number of carbonyl (C=O) groups excluding carboxylic acids is 2. The Kier molecular flexibility index (Phi) is 31.4. The van der Waals surface area contributed by atoms with Crippen LogP contribution in [0.4, 0.5) is 0 Å². The van der Waals surface area contributed by atoms with Gasteiger partial charge in [0.05, 0.1) is 25.7 Å². The fourth-order valence-corrected chi connectivity index (χ4v) is 6.13. The van der Waals surface area contributed by atoms with Crippen molar-refractivity contribution in [1.82, 2.24) is 9.80 Å². The summed E-state index contributed by atoms with van der Waals surface area (Å²) in [4.78, 5) is 45.5. The summed E-state index contributed by atoms with van der Waals surface area (Å²) < 4.78 is 12.8. The number of likely N-dealkylation sites (N-methyl/N-ethyl adjacent to an activating group) is 2. The van der Waals surface area contributed by atoms with E-state index < -0.39 is 23.9 Å². The van der Waals surface area contributed by atoms with Crippen LogP contribution in [0.15, 0.2) is 0 Å². The summed E-state index contributed by atoms with van der Waals surface area (Å²) in [5.41, 5.74) is 0. The van der Waals surface area contributed by atoms with Crippen molar-refractivity contribution in [3.8, 4) is 0 Å². The summed E-state index contributed by atoms with van der Waals surface area (Å²) >= 11 is 0.149. The van der Waals surface area contributed by atoms with E-state index in [2.05, 4.69) is 13.8 Å². The summed E-state index contributed by atoms with van der Waals surface area (Å²) in [6.07, 6.45) is 5.40. The van der Waals surface area contributed by atoms with Gasteiger partial charge in [0.15, 0.2) is 0 Å². The number of unbranched alkanes of at least 4 members (excludes halogenated alkanes) is 2. The molecule has 0 rings (SSSR count). The smallest absolute Gasteiger partial charge is 0.306 e. The Morgan fingerprint density at radius 2 is 1.00 bits per heavy atom. The molecule has 0 aliphatic heterocycles. The Morgan fingerprint density at radius 1 is 0.657 bits per heavy atom. The van der Waals surface area contributed by atoms with E-state index in [1.807, 2.05) is 38.0 Å². The van der Waals surface area contributed by atoms with Crippen molar-refractivity contribution in [2.24, 2.45) is 0 Å². The van der Waals surface area contributed by atoms with Gasteiger partial charge in [0.25, 0.3) is 0 Å². The molecular weight excluding hydrogens is 563 g/mol. The third-order valence-corrected chi connectivity index (χ3v) is 8.14. The molecule has 0 unspecified atom stereocenters. The number of carboxylic acids is 2. The van der Waals surface area contributed by atoms with Crippen LogP contribution in [0.25, 0.3) is 0 Å². The van der Waals surface area contributed by atoms with Gasteiger partial charge < -0.3 is 29.5 Å². The quantitative estimate of drug-likeness (QED) is 0.135. The number of hydrogen-bond acceptors (Lipinski definition) is 8. The van der Waals surface area contributed by atoms with E-state index in [1.54, 1.807) is 8.87 Å². The van der Waals surface area contributed by atoms with Crippen LogP contribution in [-0.4, -0.2) is 120 Å². The monoisotopic (exact) mass is 612 g/mol. The zero-order chi connectivity index (χ0) is 27.5. The summed E-state index contributed by atoms with van der Waals surface area (Å²) in [6, 6.07) is 0. The van der Waals surface area contributed by atoms with Gasteiger partial charge in [-0.05, 0) is 28.2 Å². The van der Waals surface area contributed by atoms with Gasteiger partial charge in [0.1, 0.15) is 13.2 Å². The van der Waals surface area contributed by atoms with E-state index in [1.165, 1.54) is 25.7 Å². The van der Waals surface area contributed by atoms with E-state index in [0.717, 1.165) is 0 Å². The average Bonchev–Trinajstić information content (AvgIpc) is 2.76. The Bertz CT molecular complexity index is 500. The number of esters is 2. The van der Waals surface area contributed by atoms with Gasteiger partial charge in [-0.1, -0.05) is 0 Å². The molecule has 11 heteroatoms. The first kappa shape index (κ1) is 38.1. The van der Waals surface area contributed by atoms with Gasteiger partial charge in [0.2, 0.25) is 0 Å². The first-order valence-electron chi connectivity index (χ1n) is 12.2. The number of nitrogens with zero attached hydrogens (tertiary/aromatic N) is 2. The maximum Gasteiger partial charge on any atom is 0.306 e. The maximum absolute atomic E-state index is 10.8. The molecule has 35 heavy (non-hydrogen) atoms. The topological polar surface area (TPSA) is 134 Å². The predicted octanol–water partition coefficient (Wildman–Crippen LogP) is 3.04. The summed E-state index contributed by atoms with van der Waals surface area (Å²) in [5, 5.41) is 16.5. The molecule has 0 aromatic heterocycles. The molecule has 0 heterocycles. The average molecular weight is 611 g/mol. The zero-order valence-electron chi connectivity index (χ0n) is 22.6. The number of hydrogen-bond donors (Lipinski definition) is 2. The molecule has 0 saturated heterocycles. The number of rotatable bonds is 18. The van der Waals surface area contributed by atoms with Crippen molar-refractivity contribution < 1.29 is 38.9 Å². The molecule has 0 aliphatic rings. The second kappa shape index (κ2) is 28.8. The molecule has 0 amide bonds. The summed E-state index contributed by atoms with van der Waals surface area (Å²) in [6.45, 7) is 6.51. The standard InChI is InChI=1S/2C8H15NO4.2C4H9.Sn/c2*1-9(2)5-6-13-8(12)4-3-7(10)11;2*1-3-4-2;/h2*3-6H2,1-2H3,(H,10,11);2*1,3-4H2,2H3;. The molecule has 10 nitrogen and oxygen atoms in total. The van der Waals surface area contributed by atoms with Crippen LogP contribution < -0.4 is 0 Å². The molecule has 0 aromatic carbocycles.